The molecule has 0 spiro atoms. The first kappa shape index (κ1) is 12.2. The summed E-state index contributed by atoms with van der Waals surface area (Å²) < 4.78 is 0. The first-order valence-corrected chi connectivity index (χ1v) is 6.70. The Morgan fingerprint density at radius 2 is 2.37 bits per heavy atom. The minimum atomic E-state index is 0.0768. The standard InChI is InChI=1S/C14H18N4O/c1-9-16-12-5-4-11(7-13(12)17-9)18-14(19)10-3-2-6-15-8-10/h4-5,7,10,15H,2-3,6,8H2,1H3,(H,16,17)(H,18,19). The van der Waals surface area contributed by atoms with E-state index in [9.17, 15) is 4.79 Å². The second kappa shape index (κ2) is 5.01. The van der Waals surface area contributed by atoms with E-state index in [2.05, 4.69) is 20.6 Å². The summed E-state index contributed by atoms with van der Waals surface area (Å²) in [6.07, 6.45) is 2.03. The number of nitrogens with zero attached hydrogens (tertiary/aromatic N) is 1. The number of aromatic nitrogens is 2. The Bertz CT molecular complexity index is 599. The van der Waals surface area contributed by atoms with Gasteiger partial charge in [0.25, 0.3) is 0 Å². The number of anilines is 1. The summed E-state index contributed by atoms with van der Waals surface area (Å²) in [4.78, 5) is 19.7. The summed E-state index contributed by atoms with van der Waals surface area (Å²) in [5.74, 6) is 1.06. The third-order valence-electron chi connectivity index (χ3n) is 3.54. The number of fused-ring (bicyclic) bond motifs is 1. The van der Waals surface area contributed by atoms with Gasteiger partial charge in [0.15, 0.2) is 0 Å². The minimum absolute atomic E-state index is 0.0768. The van der Waals surface area contributed by atoms with Crippen molar-refractivity contribution in [3.05, 3.63) is 24.0 Å². The molecule has 19 heavy (non-hydrogen) atoms. The Labute approximate surface area is 111 Å². The molecule has 3 rings (SSSR count). The van der Waals surface area contributed by atoms with E-state index in [1.165, 1.54) is 0 Å². The van der Waals surface area contributed by atoms with Crippen molar-refractivity contribution in [2.24, 2.45) is 5.92 Å². The molecule has 5 nitrogen and oxygen atoms in total. The molecule has 100 valence electrons. The quantitative estimate of drug-likeness (QED) is 0.769. The zero-order valence-electron chi connectivity index (χ0n) is 11.0. The van der Waals surface area contributed by atoms with E-state index in [4.69, 9.17) is 0 Å². The predicted molar refractivity (Wildman–Crippen MR) is 75.1 cm³/mol. The van der Waals surface area contributed by atoms with Crippen molar-refractivity contribution in [2.45, 2.75) is 19.8 Å². The van der Waals surface area contributed by atoms with Crippen LogP contribution >= 0.6 is 0 Å². The van der Waals surface area contributed by atoms with Gasteiger partial charge in [0.2, 0.25) is 5.91 Å². The van der Waals surface area contributed by atoms with Gasteiger partial charge in [0, 0.05) is 12.2 Å². The molecule has 1 atom stereocenters. The second-order valence-electron chi connectivity index (χ2n) is 5.09. The largest absolute Gasteiger partial charge is 0.342 e. The molecular formula is C14H18N4O. The van der Waals surface area contributed by atoms with E-state index < -0.39 is 0 Å². The molecule has 1 fully saturated rings. The fraction of sp³-hybridized carbons (Fsp3) is 0.429. The molecule has 1 aliphatic rings. The average Bonchev–Trinajstić information content (AvgIpc) is 2.79. The summed E-state index contributed by atoms with van der Waals surface area (Å²) in [5.41, 5.74) is 2.71. The van der Waals surface area contributed by atoms with Crippen molar-refractivity contribution in [1.29, 1.82) is 0 Å². The van der Waals surface area contributed by atoms with Crippen molar-refractivity contribution in [1.82, 2.24) is 15.3 Å². The van der Waals surface area contributed by atoms with Crippen LogP contribution in [0.3, 0.4) is 0 Å². The Hall–Kier alpha value is -1.88. The van der Waals surface area contributed by atoms with E-state index in [0.29, 0.717) is 0 Å². The van der Waals surface area contributed by atoms with E-state index in [-0.39, 0.29) is 11.8 Å². The summed E-state index contributed by atoms with van der Waals surface area (Å²) in [6.45, 7) is 3.71. The monoisotopic (exact) mass is 258 g/mol. The lowest BCUT2D eigenvalue weighted by molar-refractivity contribution is -0.120. The highest BCUT2D eigenvalue weighted by Crippen LogP contribution is 2.19. The van der Waals surface area contributed by atoms with Gasteiger partial charge in [0.1, 0.15) is 5.82 Å². The zero-order valence-corrected chi connectivity index (χ0v) is 11.0. The molecule has 1 amide bonds. The number of hydrogen-bond acceptors (Lipinski definition) is 3. The Morgan fingerprint density at radius 3 is 3.16 bits per heavy atom. The van der Waals surface area contributed by atoms with E-state index in [1.54, 1.807) is 0 Å². The van der Waals surface area contributed by atoms with Crippen LogP contribution in [0.2, 0.25) is 0 Å². The maximum absolute atomic E-state index is 12.1. The van der Waals surface area contributed by atoms with Crippen molar-refractivity contribution in [3.8, 4) is 0 Å². The van der Waals surface area contributed by atoms with Gasteiger partial charge in [-0.1, -0.05) is 0 Å². The van der Waals surface area contributed by atoms with Crippen molar-refractivity contribution >= 4 is 22.6 Å². The second-order valence-corrected chi connectivity index (χ2v) is 5.09. The van der Waals surface area contributed by atoms with Crippen molar-refractivity contribution in [3.63, 3.8) is 0 Å². The predicted octanol–water partition coefficient (Wildman–Crippen LogP) is 1.81. The smallest absolute Gasteiger partial charge is 0.228 e. The molecule has 1 aliphatic heterocycles. The van der Waals surface area contributed by atoms with Crippen molar-refractivity contribution < 1.29 is 4.79 Å². The number of carbonyl (C=O) groups excluding carboxylic acids is 1. The molecule has 1 aromatic heterocycles. The molecule has 0 bridgehead atoms. The van der Waals surface area contributed by atoms with Crippen LogP contribution in [0.1, 0.15) is 18.7 Å². The van der Waals surface area contributed by atoms with Gasteiger partial charge in [-0.3, -0.25) is 4.79 Å². The number of benzene rings is 1. The number of aryl methyl sites for hydroxylation is 1. The third kappa shape index (κ3) is 2.61. The van der Waals surface area contributed by atoms with Crippen LogP contribution < -0.4 is 10.6 Å². The maximum Gasteiger partial charge on any atom is 0.228 e. The number of amides is 1. The van der Waals surface area contributed by atoms with Crippen LogP contribution in [-0.2, 0) is 4.79 Å². The van der Waals surface area contributed by atoms with Gasteiger partial charge in [-0.2, -0.15) is 0 Å². The highest BCUT2D eigenvalue weighted by molar-refractivity contribution is 5.94. The fourth-order valence-electron chi connectivity index (χ4n) is 2.53. The summed E-state index contributed by atoms with van der Waals surface area (Å²) in [7, 11) is 0. The lowest BCUT2D eigenvalue weighted by atomic mass is 9.99. The van der Waals surface area contributed by atoms with Gasteiger partial charge >= 0.3 is 0 Å². The van der Waals surface area contributed by atoms with Crippen LogP contribution in [-0.4, -0.2) is 29.0 Å². The van der Waals surface area contributed by atoms with Gasteiger partial charge in [-0.25, -0.2) is 4.98 Å². The molecule has 0 saturated carbocycles. The van der Waals surface area contributed by atoms with E-state index in [0.717, 1.165) is 48.5 Å². The molecule has 0 radical (unpaired) electrons. The lowest BCUT2D eigenvalue weighted by Gasteiger charge is -2.21. The molecule has 3 N–H and O–H groups in total. The van der Waals surface area contributed by atoms with E-state index >= 15 is 0 Å². The van der Waals surface area contributed by atoms with Gasteiger partial charge in [-0.15, -0.1) is 0 Å². The number of aromatic amines is 1. The third-order valence-corrected chi connectivity index (χ3v) is 3.54. The molecule has 5 heteroatoms. The average molecular weight is 258 g/mol. The number of imidazole rings is 1. The van der Waals surface area contributed by atoms with Gasteiger partial charge < -0.3 is 15.6 Å². The normalized spacial score (nSPS) is 19.5. The molecule has 1 unspecified atom stereocenters. The first-order chi connectivity index (χ1) is 9.22. The summed E-state index contributed by atoms with van der Waals surface area (Å²) in [6, 6.07) is 5.76. The molecule has 2 heterocycles. The molecule has 1 aromatic carbocycles. The Balaban J connectivity index is 1.74. The number of H-pyrrole nitrogens is 1. The maximum atomic E-state index is 12.1. The number of nitrogens with one attached hydrogen (secondary N) is 3. The van der Waals surface area contributed by atoms with Crippen molar-refractivity contribution in [2.75, 3.05) is 18.4 Å². The first-order valence-electron chi connectivity index (χ1n) is 6.70. The van der Waals surface area contributed by atoms with E-state index in [1.807, 2.05) is 25.1 Å². The Kier molecular flexibility index (Phi) is 3.21. The zero-order chi connectivity index (χ0) is 13.2. The van der Waals surface area contributed by atoms with Crippen LogP contribution in [0.5, 0.6) is 0 Å². The molecular weight excluding hydrogens is 240 g/mol. The molecule has 1 saturated heterocycles. The van der Waals surface area contributed by atoms with Crippen LogP contribution in [0.25, 0.3) is 11.0 Å². The van der Waals surface area contributed by atoms with Crippen LogP contribution in [0.4, 0.5) is 5.69 Å². The number of hydrogen-bond donors (Lipinski definition) is 3. The highest BCUT2D eigenvalue weighted by Gasteiger charge is 2.20. The lowest BCUT2D eigenvalue weighted by Crippen LogP contribution is -2.37. The van der Waals surface area contributed by atoms with Gasteiger partial charge in [0.05, 0.1) is 17.0 Å². The van der Waals surface area contributed by atoms with Crippen LogP contribution in [0, 0.1) is 12.8 Å². The summed E-state index contributed by atoms with van der Waals surface area (Å²) >= 11 is 0. The Morgan fingerprint density at radius 1 is 1.47 bits per heavy atom. The SMILES string of the molecule is Cc1nc2ccc(NC(=O)C3CCCNC3)cc2[nH]1. The van der Waals surface area contributed by atoms with Gasteiger partial charge in [-0.05, 0) is 44.5 Å². The minimum Gasteiger partial charge on any atom is -0.342 e. The number of carbonyl (C=O) groups is 1. The topological polar surface area (TPSA) is 69.8 Å². The number of rotatable bonds is 2. The number of piperidine rings is 1. The van der Waals surface area contributed by atoms with Crippen LogP contribution in [0.15, 0.2) is 18.2 Å². The summed E-state index contributed by atoms with van der Waals surface area (Å²) in [5, 5.41) is 6.24. The highest BCUT2D eigenvalue weighted by atomic mass is 16.1. The molecule has 2 aromatic rings. The molecule has 0 aliphatic carbocycles. The fourth-order valence-corrected chi connectivity index (χ4v) is 2.53.